The predicted molar refractivity (Wildman–Crippen MR) is 144 cm³/mol. The Morgan fingerprint density at radius 3 is 2.47 bits per heavy atom. The van der Waals surface area contributed by atoms with Crippen LogP contribution in [0.3, 0.4) is 0 Å². The number of nitrogens with two attached hydrogens (primary N) is 1. The van der Waals surface area contributed by atoms with Gasteiger partial charge in [0.15, 0.2) is 5.82 Å². The molecule has 0 saturated carbocycles. The van der Waals surface area contributed by atoms with Gasteiger partial charge in [-0.1, -0.05) is 12.1 Å². The maximum absolute atomic E-state index is 12.3. The van der Waals surface area contributed by atoms with Crippen molar-refractivity contribution < 1.29 is 14.3 Å². The minimum absolute atomic E-state index is 0.365. The van der Waals surface area contributed by atoms with Crippen LogP contribution in [0.25, 0.3) is 27.9 Å². The number of nitrogen functional groups attached to an aromatic ring is 1. The van der Waals surface area contributed by atoms with Crippen molar-refractivity contribution in [2.24, 2.45) is 0 Å². The second-order valence-corrected chi connectivity index (χ2v) is 9.78. The summed E-state index contributed by atoms with van der Waals surface area (Å²) >= 11 is 0. The van der Waals surface area contributed by atoms with E-state index in [-0.39, 0.29) is 0 Å². The molecule has 1 amide bonds. The van der Waals surface area contributed by atoms with E-state index in [1.807, 2.05) is 57.6 Å². The fourth-order valence-electron chi connectivity index (χ4n) is 4.07. The number of nitrogens with zero attached hydrogens (tertiary/aromatic N) is 4. The van der Waals surface area contributed by atoms with E-state index < -0.39 is 11.7 Å². The van der Waals surface area contributed by atoms with Gasteiger partial charge in [-0.3, -0.25) is 5.32 Å². The largest absolute Gasteiger partial charge is 0.495 e. The average Bonchev–Trinajstić information content (AvgIpc) is 3.18. The summed E-state index contributed by atoms with van der Waals surface area (Å²) in [5.74, 6) is 0.852. The molecule has 188 valence electrons. The van der Waals surface area contributed by atoms with Crippen LogP contribution in [-0.4, -0.2) is 47.5 Å². The molecular formula is C27H32N6O3. The Bertz CT molecular complexity index is 1440. The Kier molecular flexibility index (Phi) is 6.49. The first kappa shape index (κ1) is 24.8. The molecule has 0 atom stereocenters. The lowest BCUT2D eigenvalue weighted by atomic mass is 10.0. The lowest BCUT2D eigenvalue weighted by Gasteiger charge is -2.20. The molecule has 0 aliphatic heterocycles. The highest BCUT2D eigenvalue weighted by atomic mass is 16.6. The minimum atomic E-state index is -0.612. The zero-order valence-electron chi connectivity index (χ0n) is 21.7. The molecule has 9 heteroatoms. The van der Waals surface area contributed by atoms with Gasteiger partial charge in [0.1, 0.15) is 23.2 Å². The van der Waals surface area contributed by atoms with Crippen LogP contribution in [0.15, 0.2) is 48.8 Å². The molecule has 4 rings (SSSR count). The number of carbonyl (C=O) groups is 1. The molecule has 2 aromatic carbocycles. The summed E-state index contributed by atoms with van der Waals surface area (Å²) in [5.41, 5.74) is 12.8. The van der Waals surface area contributed by atoms with Gasteiger partial charge in [-0.05, 0) is 69.2 Å². The van der Waals surface area contributed by atoms with Crippen molar-refractivity contribution in [2.45, 2.75) is 33.3 Å². The van der Waals surface area contributed by atoms with Crippen LogP contribution in [0.1, 0.15) is 26.3 Å². The van der Waals surface area contributed by atoms with E-state index in [1.165, 1.54) is 6.33 Å². The molecule has 0 spiro atoms. The monoisotopic (exact) mass is 488 g/mol. The van der Waals surface area contributed by atoms with Gasteiger partial charge >= 0.3 is 6.09 Å². The highest BCUT2D eigenvalue weighted by Crippen LogP contribution is 2.39. The number of hydrogen-bond donors (Lipinski definition) is 2. The third-order valence-corrected chi connectivity index (χ3v) is 5.73. The van der Waals surface area contributed by atoms with E-state index in [0.717, 1.165) is 33.6 Å². The summed E-state index contributed by atoms with van der Waals surface area (Å²) in [7, 11) is 5.58. The summed E-state index contributed by atoms with van der Waals surface area (Å²) in [4.78, 5) is 18.6. The quantitative estimate of drug-likeness (QED) is 0.389. The smallest absolute Gasteiger partial charge is 0.412 e. The molecule has 2 aromatic heterocycles. The number of nitrogens with one attached hydrogen (secondary N) is 1. The zero-order chi connectivity index (χ0) is 26.2. The summed E-state index contributed by atoms with van der Waals surface area (Å²) in [6.07, 6.45) is 0.896. The number of amides is 1. The lowest BCUT2D eigenvalue weighted by Crippen LogP contribution is -2.27. The van der Waals surface area contributed by atoms with Crippen LogP contribution in [0.4, 0.5) is 22.0 Å². The van der Waals surface area contributed by atoms with Crippen LogP contribution < -0.4 is 20.7 Å². The molecule has 0 radical (unpaired) electrons. The Morgan fingerprint density at radius 2 is 1.83 bits per heavy atom. The van der Waals surface area contributed by atoms with Crippen molar-refractivity contribution in [3.63, 3.8) is 0 Å². The highest BCUT2D eigenvalue weighted by Gasteiger charge is 2.21. The fourth-order valence-corrected chi connectivity index (χ4v) is 4.07. The van der Waals surface area contributed by atoms with Gasteiger partial charge in [-0.2, -0.15) is 5.10 Å². The molecule has 0 aliphatic rings. The first-order valence-corrected chi connectivity index (χ1v) is 11.6. The normalized spacial score (nSPS) is 11.4. The number of fused-ring (bicyclic) bond motifs is 1. The van der Waals surface area contributed by atoms with Crippen LogP contribution >= 0.6 is 0 Å². The van der Waals surface area contributed by atoms with Crippen molar-refractivity contribution >= 4 is 28.8 Å². The molecule has 0 unspecified atom stereocenters. The van der Waals surface area contributed by atoms with Crippen LogP contribution in [0, 0.1) is 6.92 Å². The number of anilines is 3. The lowest BCUT2D eigenvalue weighted by molar-refractivity contribution is 0.0635. The zero-order valence-corrected chi connectivity index (χ0v) is 21.7. The second-order valence-electron chi connectivity index (χ2n) is 9.78. The van der Waals surface area contributed by atoms with Crippen molar-refractivity contribution in [1.82, 2.24) is 14.6 Å². The molecule has 2 heterocycles. The number of rotatable bonds is 5. The van der Waals surface area contributed by atoms with Crippen molar-refractivity contribution in [1.29, 1.82) is 0 Å². The van der Waals surface area contributed by atoms with Crippen molar-refractivity contribution in [3.05, 3.63) is 54.4 Å². The Labute approximate surface area is 210 Å². The number of hydrogen-bond acceptors (Lipinski definition) is 7. The van der Waals surface area contributed by atoms with E-state index in [9.17, 15) is 4.79 Å². The second kappa shape index (κ2) is 9.41. The average molecular weight is 489 g/mol. The summed E-state index contributed by atoms with van der Waals surface area (Å²) in [6.45, 7) is 7.51. The number of methoxy groups -OCH3 is 1. The summed E-state index contributed by atoms with van der Waals surface area (Å²) in [6, 6.07) is 13.9. The standard InChI is InChI=1S/C27H32N6O3/c1-16-12-18(32(5)6)9-10-19(16)22-14-20(24-25(28)29-15-30-33(22)24)17-8-11-21(23(13-17)35-7)31-26(34)36-27(2,3)4/h8-15H,1-7H3,(H,31,34)(H2,28,29,30). The highest BCUT2D eigenvalue weighted by molar-refractivity contribution is 5.94. The fraction of sp³-hybridized carbons (Fsp3) is 0.296. The summed E-state index contributed by atoms with van der Waals surface area (Å²) in [5, 5.41) is 7.26. The maximum Gasteiger partial charge on any atom is 0.412 e. The van der Waals surface area contributed by atoms with Gasteiger partial charge in [-0.15, -0.1) is 0 Å². The Hall–Kier alpha value is -4.27. The Balaban J connectivity index is 1.81. The van der Waals surface area contributed by atoms with Gasteiger partial charge in [0.2, 0.25) is 0 Å². The van der Waals surface area contributed by atoms with E-state index in [1.54, 1.807) is 13.2 Å². The van der Waals surface area contributed by atoms with E-state index in [0.29, 0.717) is 22.8 Å². The molecule has 4 aromatic rings. The number of aromatic nitrogens is 3. The van der Waals surface area contributed by atoms with Crippen molar-refractivity contribution in [2.75, 3.05) is 37.2 Å². The van der Waals surface area contributed by atoms with Crippen LogP contribution in [-0.2, 0) is 4.74 Å². The topological polar surface area (TPSA) is 107 Å². The number of benzene rings is 2. The molecule has 9 nitrogen and oxygen atoms in total. The number of carbonyl (C=O) groups excluding carboxylic acids is 1. The molecule has 0 aliphatic carbocycles. The van der Waals surface area contributed by atoms with Crippen LogP contribution in [0.5, 0.6) is 5.75 Å². The summed E-state index contributed by atoms with van der Waals surface area (Å²) < 4.78 is 12.8. The van der Waals surface area contributed by atoms with Crippen molar-refractivity contribution in [3.8, 4) is 28.1 Å². The Morgan fingerprint density at radius 1 is 1.08 bits per heavy atom. The molecule has 0 bridgehead atoms. The predicted octanol–water partition coefficient (Wildman–Crippen LogP) is 5.38. The molecule has 3 N–H and O–H groups in total. The van der Waals surface area contributed by atoms with Gasteiger partial charge in [0, 0.05) is 30.9 Å². The van der Waals surface area contributed by atoms with E-state index >= 15 is 0 Å². The minimum Gasteiger partial charge on any atom is -0.495 e. The van der Waals surface area contributed by atoms with E-state index in [4.69, 9.17) is 15.2 Å². The van der Waals surface area contributed by atoms with Gasteiger partial charge in [-0.25, -0.2) is 14.3 Å². The molecular weight excluding hydrogens is 456 g/mol. The number of aryl methyl sites for hydroxylation is 1. The third-order valence-electron chi connectivity index (χ3n) is 5.73. The van der Waals surface area contributed by atoms with Gasteiger partial charge < -0.3 is 20.1 Å². The first-order valence-electron chi connectivity index (χ1n) is 11.6. The van der Waals surface area contributed by atoms with Gasteiger partial charge in [0.05, 0.1) is 18.5 Å². The number of ether oxygens (including phenoxy) is 2. The molecule has 0 fully saturated rings. The van der Waals surface area contributed by atoms with E-state index in [2.05, 4.69) is 45.4 Å². The van der Waals surface area contributed by atoms with Gasteiger partial charge in [0.25, 0.3) is 0 Å². The van der Waals surface area contributed by atoms with Crippen LogP contribution in [0.2, 0.25) is 0 Å². The molecule has 0 saturated heterocycles. The SMILES string of the molecule is COc1cc(-c2cc(-c3ccc(N(C)C)cc3C)n3ncnc(N)c23)ccc1NC(=O)OC(C)(C)C. The maximum atomic E-state index is 12.3. The third kappa shape index (κ3) is 4.91. The first-order chi connectivity index (χ1) is 17.0. The molecule has 36 heavy (non-hydrogen) atoms.